The zero-order chi connectivity index (χ0) is 15.5. The number of benzene rings is 1. The summed E-state index contributed by atoms with van der Waals surface area (Å²) in [6.45, 7) is 5.71. The fourth-order valence-electron chi connectivity index (χ4n) is 2.73. The highest BCUT2D eigenvalue weighted by molar-refractivity contribution is 5.87. The Bertz CT molecular complexity index is 484. The number of methoxy groups -OCH3 is 1. The predicted octanol–water partition coefficient (Wildman–Crippen LogP) is 2.17. The Labute approximate surface area is 125 Å². The molecule has 1 aliphatic carbocycles. The lowest BCUT2D eigenvalue weighted by Crippen LogP contribution is -2.61. The van der Waals surface area contributed by atoms with Crippen LogP contribution in [-0.2, 0) is 4.74 Å². The largest absolute Gasteiger partial charge is 0.492 e. The van der Waals surface area contributed by atoms with E-state index in [9.17, 15) is 4.79 Å². The summed E-state index contributed by atoms with van der Waals surface area (Å²) in [5.41, 5.74) is 0.417. The predicted molar refractivity (Wildman–Crippen MR) is 79.9 cm³/mol. The van der Waals surface area contributed by atoms with Crippen molar-refractivity contribution in [3.8, 4) is 5.75 Å². The lowest BCUT2D eigenvalue weighted by atomic mass is 9.64. The van der Waals surface area contributed by atoms with Crippen molar-refractivity contribution in [3.63, 3.8) is 0 Å². The summed E-state index contributed by atoms with van der Waals surface area (Å²) < 4.78 is 11.0. The second-order valence-corrected chi connectivity index (χ2v) is 5.97. The Morgan fingerprint density at radius 2 is 2.05 bits per heavy atom. The van der Waals surface area contributed by atoms with Crippen molar-refractivity contribution in [2.24, 2.45) is 5.41 Å². The van der Waals surface area contributed by atoms with Crippen LogP contribution in [0, 0.1) is 5.41 Å². The average Bonchev–Trinajstić information content (AvgIpc) is 2.46. The van der Waals surface area contributed by atoms with Crippen molar-refractivity contribution < 1.29 is 19.4 Å². The van der Waals surface area contributed by atoms with Gasteiger partial charge in [-0.2, -0.15) is 0 Å². The van der Waals surface area contributed by atoms with E-state index in [0.29, 0.717) is 24.5 Å². The van der Waals surface area contributed by atoms with Crippen molar-refractivity contribution >= 4 is 5.97 Å². The molecule has 0 amide bonds. The van der Waals surface area contributed by atoms with Crippen LogP contribution >= 0.6 is 0 Å². The maximum Gasteiger partial charge on any atom is 0.335 e. The number of ether oxygens (including phenoxy) is 2. The van der Waals surface area contributed by atoms with E-state index in [4.69, 9.17) is 14.6 Å². The molecule has 21 heavy (non-hydrogen) atoms. The SMILES string of the molecule is COC1CC(NCCOc2ccc(C(=O)O)cc2)C1(C)C. The van der Waals surface area contributed by atoms with E-state index in [-0.39, 0.29) is 11.0 Å². The molecule has 0 spiro atoms. The van der Waals surface area contributed by atoms with Crippen molar-refractivity contribution in [3.05, 3.63) is 29.8 Å². The van der Waals surface area contributed by atoms with Gasteiger partial charge in [0, 0.05) is 25.1 Å². The molecule has 2 rings (SSSR count). The van der Waals surface area contributed by atoms with Crippen LogP contribution in [0.5, 0.6) is 5.75 Å². The van der Waals surface area contributed by atoms with Crippen molar-refractivity contribution in [1.29, 1.82) is 0 Å². The number of aromatic carboxylic acids is 1. The van der Waals surface area contributed by atoms with Crippen LogP contribution in [0.2, 0.25) is 0 Å². The van der Waals surface area contributed by atoms with Crippen molar-refractivity contribution in [1.82, 2.24) is 5.32 Å². The van der Waals surface area contributed by atoms with E-state index in [1.807, 2.05) is 0 Å². The Morgan fingerprint density at radius 1 is 1.38 bits per heavy atom. The molecule has 1 fully saturated rings. The maximum absolute atomic E-state index is 10.7. The van der Waals surface area contributed by atoms with E-state index >= 15 is 0 Å². The minimum atomic E-state index is -0.928. The molecule has 0 heterocycles. The van der Waals surface area contributed by atoms with Gasteiger partial charge in [0.2, 0.25) is 0 Å². The molecule has 116 valence electrons. The second-order valence-electron chi connectivity index (χ2n) is 5.97. The molecule has 1 aromatic carbocycles. The van der Waals surface area contributed by atoms with E-state index in [0.717, 1.165) is 13.0 Å². The molecule has 5 nitrogen and oxygen atoms in total. The number of carboxylic acid groups (broad SMARTS) is 1. The smallest absolute Gasteiger partial charge is 0.335 e. The first-order valence-electron chi connectivity index (χ1n) is 7.17. The summed E-state index contributed by atoms with van der Waals surface area (Å²) in [5.74, 6) is -0.243. The zero-order valence-corrected chi connectivity index (χ0v) is 12.8. The summed E-state index contributed by atoms with van der Waals surface area (Å²) in [7, 11) is 1.76. The van der Waals surface area contributed by atoms with Crippen LogP contribution in [-0.4, -0.2) is 43.5 Å². The van der Waals surface area contributed by atoms with E-state index in [1.165, 1.54) is 0 Å². The van der Waals surface area contributed by atoms with E-state index < -0.39 is 5.97 Å². The van der Waals surface area contributed by atoms with Gasteiger partial charge in [-0.15, -0.1) is 0 Å². The van der Waals surface area contributed by atoms with Gasteiger partial charge in [-0.25, -0.2) is 4.79 Å². The van der Waals surface area contributed by atoms with Crippen LogP contribution in [0.4, 0.5) is 0 Å². The van der Waals surface area contributed by atoms with Crippen LogP contribution < -0.4 is 10.1 Å². The normalized spacial score (nSPS) is 23.4. The van der Waals surface area contributed by atoms with Crippen LogP contribution in [0.1, 0.15) is 30.6 Å². The van der Waals surface area contributed by atoms with Gasteiger partial charge in [0.1, 0.15) is 12.4 Å². The molecule has 0 aliphatic heterocycles. The van der Waals surface area contributed by atoms with Gasteiger partial charge in [-0.1, -0.05) is 13.8 Å². The Hall–Kier alpha value is -1.59. The standard InChI is InChI=1S/C16H23NO4/c1-16(2)13(10-14(16)20-3)17-8-9-21-12-6-4-11(5-7-12)15(18)19/h4-7,13-14,17H,8-10H2,1-3H3,(H,18,19). The first kappa shape index (κ1) is 15.8. The van der Waals surface area contributed by atoms with Gasteiger partial charge >= 0.3 is 5.97 Å². The molecule has 1 aromatic rings. The molecule has 0 saturated heterocycles. The number of rotatable bonds is 7. The zero-order valence-electron chi connectivity index (χ0n) is 12.8. The third kappa shape index (κ3) is 3.54. The molecular formula is C16H23NO4. The third-order valence-electron chi connectivity index (χ3n) is 4.33. The Kier molecular flexibility index (Phi) is 4.85. The minimum absolute atomic E-state index is 0.151. The molecule has 2 unspecified atom stereocenters. The fourth-order valence-corrected chi connectivity index (χ4v) is 2.73. The quantitative estimate of drug-likeness (QED) is 0.754. The van der Waals surface area contributed by atoms with Crippen LogP contribution in [0.3, 0.4) is 0 Å². The highest BCUT2D eigenvalue weighted by Crippen LogP contribution is 2.42. The van der Waals surface area contributed by atoms with E-state index in [1.54, 1.807) is 31.4 Å². The first-order chi connectivity index (χ1) is 9.95. The monoisotopic (exact) mass is 293 g/mol. The second kappa shape index (κ2) is 6.45. The number of hydrogen-bond donors (Lipinski definition) is 2. The minimum Gasteiger partial charge on any atom is -0.492 e. The van der Waals surface area contributed by atoms with Crippen molar-refractivity contribution in [2.45, 2.75) is 32.4 Å². The average molecular weight is 293 g/mol. The highest BCUT2D eigenvalue weighted by atomic mass is 16.5. The lowest BCUT2D eigenvalue weighted by Gasteiger charge is -2.51. The molecule has 1 aliphatic rings. The van der Waals surface area contributed by atoms with Crippen molar-refractivity contribution in [2.75, 3.05) is 20.3 Å². The number of carboxylic acids is 1. The van der Waals surface area contributed by atoms with Gasteiger partial charge in [0.15, 0.2) is 0 Å². The molecule has 2 atom stereocenters. The number of nitrogens with one attached hydrogen (secondary N) is 1. The van der Waals surface area contributed by atoms with Crippen LogP contribution in [0.15, 0.2) is 24.3 Å². The summed E-state index contributed by atoms with van der Waals surface area (Å²) >= 11 is 0. The lowest BCUT2D eigenvalue weighted by molar-refractivity contribution is -0.0976. The van der Waals surface area contributed by atoms with Gasteiger partial charge in [-0.05, 0) is 30.7 Å². The molecular weight excluding hydrogens is 270 g/mol. The van der Waals surface area contributed by atoms with Gasteiger partial charge in [-0.3, -0.25) is 0 Å². The first-order valence-corrected chi connectivity index (χ1v) is 7.17. The fraction of sp³-hybridized carbons (Fsp3) is 0.562. The molecule has 5 heteroatoms. The topological polar surface area (TPSA) is 67.8 Å². The highest BCUT2D eigenvalue weighted by Gasteiger charge is 2.47. The van der Waals surface area contributed by atoms with Gasteiger partial charge in [0.05, 0.1) is 11.7 Å². The summed E-state index contributed by atoms with van der Waals surface area (Å²) in [6, 6.07) is 6.89. The summed E-state index contributed by atoms with van der Waals surface area (Å²) in [5, 5.41) is 12.3. The molecule has 2 N–H and O–H groups in total. The van der Waals surface area contributed by atoms with Gasteiger partial charge in [0.25, 0.3) is 0 Å². The number of carbonyl (C=O) groups is 1. The molecule has 1 saturated carbocycles. The van der Waals surface area contributed by atoms with Crippen LogP contribution in [0.25, 0.3) is 0 Å². The molecule has 0 bridgehead atoms. The molecule has 0 radical (unpaired) electrons. The molecule has 0 aromatic heterocycles. The van der Waals surface area contributed by atoms with Gasteiger partial charge < -0.3 is 19.9 Å². The third-order valence-corrected chi connectivity index (χ3v) is 4.33. The van der Waals surface area contributed by atoms with E-state index in [2.05, 4.69) is 19.2 Å². The summed E-state index contributed by atoms with van der Waals surface area (Å²) in [6.07, 6.45) is 1.34. The Balaban J connectivity index is 1.70. The summed E-state index contributed by atoms with van der Waals surface area (Å²) in [4.78, 5) is 10.7. The Morgan fingerprint density at radius 3 is 2.57 bits per heavy atom. The maximum atomic E-state index is 10.7. The number of hydrogen-bond acceptors (Lipinski definition) is 4.